The summed E-state index contributed by atoms with van der Waals surface area (Å²) in [5.41, 5.74) is 0.835. The van der Waals surface area contributed by atoms with Gasteiger partial charge in [-0.15, -0.1) is 0 Å². The van der Waals surface area contributed by atoms with Crippen LogP contribution in [0.15, 0.2) is 30.3 Å². The number of likely N-dealkylation sites (N-methyl/N-ethyl adjacent to an activating group) is 1. The van der Waals surface area contributed by atoms with Crippen LogP contribution in [0.5, 0.6) is 0 Å². The number of amides is 2. The van der Waals surface area contributed by atoms with Crippen molar-refractivity contribution < 1.29 is 18.0 Å². The van der Waals surface area contributed by atoms with Gasteiger partial charge in [0.15, 0.2) is 9.84 Å². The van der Waals surface area contributed by atoms with Gasteiger partial charge in [-0.05, 0) is 26.1 Å². The van der Waals surface area contributed by atoms with Crippen LogP contribution in [0, 0.1) is 0 Å². The number of nitrogens with zero attached hydrogens (tertiary/aromatic N) is 1. The van der Waals surface area contributed by atoms with Crippen LogP contribution < -0.4 is 10.6 Å². The topological polar surface area (TPSA) is 95.6 Å². The third kappa shape index (κ3) is 5.04. The molecule has 2 rings (SSSR count). The summed E-state index contributed by atoms with van der Waals surface area (Å²) < 4.78 is 22.8. The molecule has 1 aromatic carbocycles. The molecule has 2 N–H and O–H groups in total. The number of nitrogens with one attached hydrogen (secondary N) is 2. The van der Waals surface area contributed by atoms with Crippen molar-refractivity contribution in [2.24, 2.45) is 0 Å². The van der Waals surface area contributed by atoms with E-state index in [0.717, 1.165) is 5.56 Å². The Hall–Kier alpha value is -1.93. The number of benzene rings is 1. The highest BCUT2D eigenvalue weighted by molar-refractivity contribution is 7.91. The van der Waals surface area contributed by atoms with Gasteiger partial charge in [-0.3, -0.25) is 14.5 Å². The minimum Gasteiger partial charge on any atom is -0.351 e. The van der Waals surface area contributed by atoms with Crippen LogP contribution in [0.25, 0.3) is 0 Å². The third-order valence-electron chi connectivity index (χ3n) is 3.90. The fourth-order valence-electron chi connectivity index (χ4n) is 2.77. The fraction of sp³-hybridized carbons (Fsp3) is 0.500. The molecule has 8 heteroatoms. The van der Waals surface area contributed by atoms with Gasteiger partial charge in [-0.25, -0.2) is 8.42 Å². The number of carbonyl (C=O) groups excluding carboxylic acids is 2. The SMILES string of the molecule is CN(C)C(C(=O)NCC(=O)NC1CCS(=O)(=O)C1)c1ccccc1. The van der Waals surface area contributed by atoms with Gasteiger partial charge in [0.25, 0.3) is 0 Å². The maximum Gasteiger partial charge on any atom is 0.242 e. The molecule has 1 fully saturated rings. The number of sulfone groups is 1. The zero-order valence-electron chi connectivity index (χ0n) is 13.9. The summed E-state index contributed by atoms with van der Waals surface area (Å²) in [5.74, 6) is -0.589. The Kier molecular flexibility index (Phi) is 5.95. The largest absolute Gasteiger partial charge is 0.351 e. The van der Waals surface area contributed by atoms with E-state index in [1.54, 1.807) is 19.0 Å². The van der Waals surface area contributed by atoms with Gasteiger partial charge in [0.1, 0.15) is 6.04 Å². The first kappa shape index (κ1) is 18.4. The second kappa shape index (κ2) is 7.76. The molecule has 0 radical (unpaired) electrons. The smallest absolute Gasteiger partial charge is 0.242 e. The summed E-state index contributed by atoms with van der Waals surface area (Å²) in [6.07, 6.45) is 0.423. The molecular formula is C16H23N3O4S. The highest BCUT2D eigenvalue weighted by Crippen LogP contribution is 2.17. The van der Waals surface area contributed by atoms with E-state index in [1.165, 1.54) is 0 Å². The molecule has 1 aromatic rings. The molecule has 24 heavy (non-hydrogen) atoms. The van der Waals surface area contributed by atoms with Crippen molar-refractivity contribution in [1.82, 2.24) is 15.5 Å². The highest BCUT2D eigenvalue weighted by atomic mass is 32.2. The lowest BCUT2D eigenvalue weighted by molar-refractivity contribution is -0.129. The number of carbonyl (C=O) groups is 2. The molecular weight excluding hydrogens is 330 g/mol. The lowest BCUT2D eigenvalue weighted by atomic mass is 10.1. The Morgan fingerprint density at radius 1 is 1.25 bits per heavy atom. The zero-order chi connectivity index (χ0) is 17.7. The Balaban J connectivity index is 1.88. The first-order valence-electron chi connectivity index (χ1n) is 7.77. The molecule has 0 aromatic heterocycles. The molecule has 0 bridgehead atoms. The van der Waals surface area contributed by atoms with Crippen molar-refractivity contribution in [3.05, 3.63) is 35.9 Å². The number of rotatable bonds is 6. The van der Waals surface area contributed by atoms with Crippen LogP contribution >= 0.6 is 0 Å². The van der Waals surface area contributed by atoms with E-state index in [-0.39, 0.29) is 35.9 Å². The van der Waals surface area contributed by atoms with E-state index in [2.05, 4.69) is 10.6 Å². The van der Waals surface area contributed by atoms with Gasteiger partial charge in [-0.1, -0.05) is 30.3 Å². The normalized spacial score (nSPS) is 20.5. The van der Waals surface area contributed by atoms with Crippen molar-refractivity contribution >= 4 is 21.7 Å². The quantitative estimate of drug-likeness (QED) is 0.733. The molecule has 1 heterocycles. The van der Waals surface area contributed by atoms with Gasteiger partial charge in [-0.2, -0.15) is 0 Å². The van der Waals surface area contributed by atoms with Gasteiger partial charge in [0, 0.05) is 6.04 Å². The molecule has 0 aliphatic carbocycles. The van der Waals surface area contributed by atoms with Crippen molar-refractivity contribution in [2.75, 3.05) is 32.1 Å². The van der Waals surface area contributed by atoms with Gasteiger partial charge in [0.05, 0.1) is 18.1 Å². The van der Waals surface area contributed by atoms with E-state index in [0.29, 0.717) is 6.42 Å². The molecule has 1 saturated heterocycles. The first-order valence-corrected chi connectivity index (χ1v) is 9.59. The summed E-state index contributed by atoms with van der Waals surface area (Å²) in [7, 11) is 0.543. The summed E-state index contributed by atoms with van der Waals surface area (Å²) in [5, 5.41) is 5.27. The van der Waals surface area contributed by atoms with Gasteiger partial charge < -0.3 is 10.6 Å². The minimum absolute atomic E-state index is 0.0307. The summed E-state index contributed by atoms with van der Waals surface area (Å²) in [6, 6.07) is 8.43. The van der Waals surface area contributed by atoms with Crippen LogP contribution in [-0.2, 0) is 19.4 Å². The third-order valence-corrected chi connectivity index (χ3v) is 5.67. The molecule has 2 atom stereocenters. The molecule has 1 aliphatic heterocycles. The van der Waals surface area contributed by atoms with Crippen molar-refractivity contribution in [3.63, 3.8) is 0 Å². The molecule has 2 amide bonds. The average molecular weight is 353 g/mol. The lowest BCUT2D eigenvalue weighted by Crippen LogP contribution is -2.45. The monoisotopic (exact) mass is 353 g/mol. The van der Waals surface area contributed by atoms with E-state index in [4.69, 9.17) is 0 Å². The van der Waals surface area contributed by atoms with Crippen LogP contribution in [0.1, 0.15) is 18.0 Å². The Bertz CT molecular complexity index is 689. The van der Waals surface area contributed by atoms with Crippen LogP contribution in [-0.4, -0.2) is 63.3 Å². The van der Waals surface area contributed by atoms with E-state index in [9.17, 15) is 18.0 Å². The first-order chi connectivity index (χ1) is 11.3. The molecule has 7 nitrogen and oxygen atoms in total. The van der Waals surface area contributed by atoms with E-state index in [1.807, 2.05) is 30.3 Å². The van der Waals surface area contributed by atoms with Crippen LogP contribution in [0.4, 0.5) is 0 Å². The second-order valence-electron chi connectivity index (χ2n) is 6.16. The second-order valence-corrected chi connectivity index (χ2v) is 8.39. The zero-order valence-corrected chi connectivity index (χ0v) is 14.7. The summed E-state index contributed by atoms with van der Waals surface area (Å²) in [6.45, 7) is -0.174. The van der Waals surface area contributed by atoms with Crippen molar-refractivity contribution in [3.8, 4) is 0 Å². The maximum atomic E-state index is 12.4. The fourth-order valence-corrected chi connectivity index (χ4v) is 4.44. The molecule has 0 saturated carbocycles. The Morgan fingerprint density at radius 3 is 2.46 bits per heavy atom. The van der Waals surface area contributed by atoms with E-state index < -0.39 is 15.9 Å². The van der Waals surface area contributed by atoms with Crippen LogP contribution in [0.3, 0.4) is 0 Å². The highest BCUT2D eigenvalue weighted by Gasteiger charge is 2.29. The molecule has 132 valence electrons. The predicted molar refractivity (Wildman–Crippen MR) is 91.1 cm³/mol. The minimum atomic E-state index is -3.04. The van der Waals surface area contributed by atoms with Gasteiger partial charge in [0.2, 0.25) is 11.8 Å². The maximum absolute atomic E-state index is 12.4. The van der Waals surface area contributed by atoms with E-state index >= 15 is 0 Å². The molecule has 1 aliphatic rings. The average Bonchev–Trinajstić information content (AvgIpc) is 2.85. The van der Waals surface area contributed by atoms with Gasteiger partial charge >= 0.3 is 0 Å². The molecule has 0 spiro atoms. The Labute approximate surface area is 142 Å². The van der Waals surface area contributed by atoms with Crippen molar-refractivity contribution in [2.45, 2.75) is 18.5 Å². The molecule has 2 unspecified atom stereocenters. The van der Waals surface area contributed by atoms with Crippen LogP contribution in [0.2, 0.25) is 0 Å². The standard InChI is InChI=1S/C16H23N3O4S/c1-19(2)15(12-6-4-3-5-7-12)16(21)17-10-14(20)18-13-8-9-24(22,23)11-13/h3-7,13,15H,8-11H2,1-2H3,(H,17,21)(H,18,20). The number of hydrogen-bond donors (Lipinski definition) is 2. The summed E-state index contributed by atoms with van der Waals surface area (Å²) in [4.78, 5) is 26.1. The number of hydrogen-bond acceptors (Lipinski definition) is 5. The van der Waals surface area contributed by atoms with Crippen molar-refractivity contribution in [1.29, 1.82) is 0 Å². The predicted octanol–water partition coefficient (Wildman–Crippen LogP) is -0.291. The summed E-state index contributed by atoms with van der Waals surface area (Å²) >= 11 is 0. The lowest BCUT2D eigenvalue weighted by Gasteiger charge is -2.23. The Morgan fingerprint density at radius 2 is 1.92 bits per heavy atom.